The molecule has 6 rings (SSSR count). The first kappa shape index (κ1) is 21.5. The number of hydrogen-bond donors (Lipinski definition) is 1. The Morgan fingerprint density at radius 2 is 1.77 bits per heavy atom. The smallest absolute Gasteiger partial charge is 0.246 e. The van der Waals surface area contributed by atoms with Gasteiger partial charge in [0.15, 0.2) is 0 Å². The van der Waals surface area contributed by atoms with Gasteiger partial charge in [-0.25, -0.2) is 0 Å². The monoisotopic (exact) mass is 465 g/mol. The third kappa shape index (κ3) is 3.66. The highest BCUT2D eigenvalue weighted by Gasteiger charge is 2.48. The lowest BCUT2D eigenvalue weighted by Gasteiger charge is -2.47. The lowest BCUT2D eigenvalue weighted by atomic mass is 9.86. The maximum Gasteiger partial charge on any atom is 0.246 e. The molecule has 2 aliphatic rings. The zero-order valence-electron chi connectivity index (χ0n) is 19.6. The van der Waals surface area contributed by atoms with E-state index in [0.29, 0.717) is 13.0 Å². The average molecular weight is 466 g/mol. The number of amides is 2. The highest BCUT2D eigenvalue weighted by atomic mass is 16.5. The molecule has 0 bridgehead atoms. The third-order valence-corrected chi connectivity index (χ3v) is 7.27. The summed E-state index contributed by atoms with van der Waals surface area (Å²) in [5.74, 6) is 0.715. The number of aromatic nitrogens is 1. The molecule has 0 spiro atoms. The number of rotatable bonds is 5. The predicted molar refractivity (Wildman–Crippen MR) is 134 cm³/mol. The molecule has 3 aromatic carbocycles. The van der Waals surface area contributed by atoms with Crippen LogP contribution in [0, 0.1) is 0 Å². The molecule has 1 fully saturated rings. The molecule has 4 aromatic rings. The van der Waals surface area contributed by atoms with Crippen LogP contribution in [0.2, 0.25) is 0 Å². The zero-order valence-corrected chi connectivity index (χ0v) is 19.6. The van der Waals surface area contributed by atoms with Gasteiger partial charge in [-0.1, -0.05) is 60.7 Å². The van der Waals surface area contributed by atoms with Crippen LogP contribution >= 0.6 is 0 Å². The number of hydrogen-bond acceptors (Lipinski definition) is 3. The van der Waals surface area contributed by atoms with Crippen molar-refractivity contribution in [2.75, 3.05) is 20.2 Å². The largest absolute Gasteiger partial charge is 0.497 e. The van der Waals surface area contributed by atoms with Gasteiger partial charge in [-0.15, -0.1) is 0 Å². The number of nitrogens with one attached hydrogen (secondary N) is 1. The highest BCUT2D eigenvalue weighted by Crippen LogP contribution is 2.43. The summed E-state index contributed by atoms with van der Waals surface area (Å²) >= 11 is 0. The van der Waals surface area contributed by atoms with Crippen molar-refractivity contribution in [2.45, 2.75) is 24.9 Å². The van der Waals surface area contributed by atoms with Crippen molar-refractivity contribution in [3.05, 3.63) is 101 Å². The first-order valence-electron chi connectivity index (χ1n) is 12.0. The molecule has 2 amide bonds. The number of methoxy groups -OCH3 is 1. The van der Waals surface area contributed by atoms with Crippen molar-refractivity contribution < 1.29 is 14.3 Å². The van der Waals surface area contributed by atoms with Crippen LogP contribution in [-0.4, -0.2) is 52.8 Å². The molecule has 176 valence electrons. The summed E-state index contributed by atoms with van der Waals surface area (Å²) in [4.78, 5) is 34.5. The van der Waals surface area contributed by atoms with Crippen molar-refractivity contribution in [3.63, 3.8) is 0 Å². The van der Waals surface area contributed by atoms with E-state index in [9.17, 15) is 9.59 Å². The predicted octanol–water partition coefficient (Wildman–Crippen LogP) is 4.10. The number of benzene rings is 3. The molecule has 1 aromatic heterocycles. The second-order valence-electron chi connectivity index (χ2n) is 9.26. The third-order valence-electron chi connectivity index (χ3n) is 7.27. The van der Waals surface area contributed by atoms with Gasteiger partial charge in [-0.2, -0.15) is 0 Å². The molecule has 6 nitrogen and oxygen atoms in total. The summed E-state index contributed by atoms with van der Waals surface area (Å²) in [6.07, 6.45) is 1.23. The summed E-state index contributed by atoms with van der Waals surface area (Å²) in [6.45, 7) is 0.627. The number of piperazine rings is 1. The molecule has 2 unspecified atom stereocenters. The molecular weight excluding hydrogens is 438 g/mol. The number of aromatic amines is 1. The van der Waals surface area contributed by atoms with E-state index in [-0.39, 0.29) is 24.4 Å². The summed E-state index contributed by atoms with van der Waals surface area (Å²) in [5, 5.41) is 1.11. The minimum absolute atomic E-state index is 0.0179. The molecule has 6 heteroatoms. The van der Waals surface area contributed by atoms with E-state index in [1.54, 1.807) is 16.9 Å². The summed E-state index contributed by atoms with van der Waals surface area (Å²) in [7, 11) is 1.64. The maximum absolute atomic E-state index is 13.8. The van der Waals surface area contributed by atoms with Crippen LogP contribution < -0.4 is 4.74 Å². The van der Waals surface area contributed by atoms with Gasteiger partial charge in [-0.05, 0) is 41.3 Å². The van der Waals surface area contributed by atoms with Gasteiger partial charge in [0.25, 0.3) is 0 Å². The van der Waals surface area contributed by atoms with Gasteiger partial charge >= 0.3 is 0 Å². The molecule has 0 saturated carbocycles. The van der Waals surface area contributed by atoms with E-state index in [4.69, 9.17) is 4.74 Å². The van der Waals surface area contributed by atoms with E-state index >= 15 is 0 Å². The van der Waals surface area contributed by atoms with Crippen molar-refractivity contribution >= 4 is 22.7 Å². The van der Waals surface area contributed by atoms with Crippen molar-refractivity contribution in [1.29, 1.82) is 0 Å². The van der Waals surface area contributed by atoms with Crippen LogP contribution in [0.25, 0.3) is 10.9 Å². The van der Waals surface area contributed by atoms with E-state index in [1.807, 2.05) is 60.7 Å². The number of H-pyrrole nitrogens is 1. The Bertz CT molecular complexity index is 1410. The summed E-state index contributed by atoms with van der Waals surface area (Å²) in [6, 6.07) is 25.1. The molecule has 0 radical (unpaired) electrons. The molecule has 2 aliphatic heterocycles. The minimum atomic E-state index is -0.532. The van der Waals surface area contributed by atoms with Gasteiger partial charge in [0.2, 0.25) is 11.8 Å². The van der Waals surface area contributed by atoms with Crippen molar-refractivity contribution in [1.82, 2.24) is 14.8 Å². The van der Waals surface area contributed by atoms with Crippen LogP contribution in [-0.2, 0) is 22.4 Å². The zero-order chi connectivity index (χ0) is 23.9. The molecule has 3 heterocycles. The fourth-order valence-electron chi connectivity index (χ4n) is 5.58. The Labute approximate surface area is 204 Å². The van der Waals surface area contributed by atoms with Crippen LogP contribution in [0.4, 0.5) is 0 Å². The van der Waals surface area contributed by atoms with Crippen LogP contribution in [0.1, 0.15) is 28.4 Å². The van der Waals surface area contributed by atoms with Crippen LogP contribution in [0.5, 0.6) is 5.75 Å². The number of nitrogens with zero attached hydrogens (tertiary/aromatic N) is 2. The molecule has 35 heavy (non-hydrogen) atoms. The highest BCUT2D eigenvalue weighted by molar-refractivity contribution is 5.97. The fourth-order valence-corrected chi connectivity index (χ4v) is 5.58. The number of carbonyl (C=O) groups is 2. The molecule has 2 atom stereocenters. The number of ether oxygens (including phenoxy) is 1. The normalized spacial score (nSPS) is 19.6. The van der Waals surface area contributed by atoms with Gasteiger partial charge in [0, 0.05) is 29.6 Å². The lowest BCUT2D eigenvalue weighted by Crippen LogP contribution is -2.63. The number of carbonyl (C=O) groups excluding carboxylic acids is 2. The Kier molecular flexibility index (Phi) is 5.29. The molecular formula is C29H27N3O3. The van der Waals surface area contributed by atoms with Crippen LogP contribution in [0.15, 0.2) is 78.9 Å². The minimum Gasteiger partial charge on any atom is -0.497 e. The Morgan fingerprint density at radius 3 is 2.60 bits per heavy atom. The maximum atomic E-state index is 13.8. The van der Waals surface area contributed by atoms with Gasteiger partial charge in [0.05, 0.1) is 19.7 Å². The van der Waals surface area contributed by atoms with Gasteiger partial charge in [0.1, 0.15) is 11.8 Å². The summed E-state index contributed by atoms with van der Waals surface area (Å²) in [5.41, 5.74) is 5.20. The number of para-hydroxylation sites is 1. The second kappa shape index (κ2) is 8.62. The van der Waals surface area contributed by atoms with E-state index in [2.05, 4.69) is 23.2 Å². The molecule has 0 aliphatic carbocycles. The first-order chi connectivity index (χ1) is 17.1. The molecule has 1 N–H and O–H groups in total. The van der Waals surface area contributed by atoms with Gasteiger partial charge < -0.3 is 19.5 Å². The number of fused-ring (bicyclic) bond motifs is 4. The standard InChI is InChI=1S/C29H27N3O3/c1-35-21-11-7-10-20(16-21)28-27-23(22-12-5-6-13-24(22)30-27)17-25-29(34)31(18-26(33)32(25)28)15-14-19-8-3-2-4-9-19/h2-13,16,25,28,30H,14-15,17-18H2,1H3. The Morgan fingerprint density at radius 1 is 0.971 bits per heavy atom. The fraction of sp³-hybridized carbons (Fsp3) is 0.241. The van der Waals surface area contributed by atoms with E-state index in [1.165, 1.54) is 0 Å². The first-order valence-corrected chi connectivity index (χ1v) is 12.0. The topological polar surface area (TPSA) is 65.6 Å². The average Bonchev–Trinajstić information content (AvgIpc) is 3.27. The lowest BCUT2D eigenvalue weighted by molar-refractivity contribution is -0.158. The van der Waals surface area contributed by atoms with Crippen LogP contribution in [0.3, 0.4) is 0 Å². The second-order valence-corrected chi connectivity index (χ2v) is 9.26. The quantitative estimate of drug-likeness (QED) is 0.483. The van der Waals surface area contributed by atoms with Crippen molar-refractivity contribution in [3.8, 4) is 5.75 Å². The molecule has 1 saturated heterocycles. The SMILES string of the molecule is COc1cccc(C2c3[nH]c4ccccc4c3CC3C(=O)N(CCc4ccccc4)CC(=O)N32)c1. The van der Waals surface area contributed by atoms with Gasteiger partial charge in [-0.3, -0.25) is 9.59 Å². The summed E-state index contributed by atoms with van der Waals surface area (Å²) < 4.78 is 5.48. The van der Waals surface area contributed by atoms with E-state index in [0.717, 1.165) is 45.5 Å². The van der Waals surface area contributed by atoms with Crippen molar-refractivity contribution in [2.24, 2.45) is 0 Å². The Balaban J connectivity index is 1.41. The van der Waals surface area contributed by atoms with E-state index < -0.39 is 6.04 Å². The Hall–Kier alpha value is -4.06.